The topological polar surface area (TPSA) is 135 Å². The molecule has 0 aliphatic carbocycles. The van der Waals surface area contributed by atoms with Crippen LogP contribution in [0.1, 0.15) is 25.5 Å². The Hall–Kier alpha value is -3.45. The Morgan fingerprint density at radius 1 is 1.24 bits per heavy atom. The number of amides is 1. The molecule has 3 N–H and O–H groups in total. The quantitative estimate of drug-likeness (QED) is 0.320. The van der Waals surface area contributed by atoms with Crippen LogP contribution in [0.3, 0.4) is 0 Å². The predicted molar refractivity (Wildman–Crippen MR) is 137 cm³/mol. The predicted octanol–water partition coefficient (Wildman–Crippen LogP) is 2.16. The minimum absolute atomic E-state index is 0.000674. The van der Waals surface area contributed by atoms with Crippen molar-refractivity contribution in [2.75, 3.05) is 53.6 Å². The monoisotopic (exact) mass is 528 g/mol. The summed E-state index contributed by atoms with van der Waals surface area (Å²) in [6.07, 6.45) is 1.22. The summed E-state index contributed by atoms with van der Waals surface area (Å²) in [4.78, 5) is 31.3. The highest BCUT2D eigenvalue weighted by Crippen LogP contribution is 2.35. The summed E-state index contributed by atoms with van der Waals surface area (Å²) in [7, 11) is 3.90. The molecule has 1 fully saturated rings. The Bertz CT molecular complexity index is 1210. The number of imidazole rings is 1. The van der Waals surface area contributed by atoms with Crippen LogP contribution in [0, 0.1) is 11.2 Å². The molecule has 1 aromatic carbocycles. The number of likely N-dealkylation sites (N-methyl/N-ethyl adjacent to an activating group) is 1. The van der Waals surface area contributed by atoms with E-state index in [4.69, 9.17) is 24.3 Å². The molecule has 3 heterocycles. The summed E-state index contributed by atoms with van der Waals surface area (Å²) in [5.74, 6) is -0.185. The van der Waals surface area contributed by atoms with Gasteiger partial charge in [-0.15, -0.1) is 0 Å². The van der Waals surface area contributed by atoms with Crippen molar-refractivity contribution in [2.24, 2.45) is 5.41 Å². The molecule has 1 amide bonds. The first-order chi connectivity index (χ1) is 18.3. The van der Waals surface area contributed by atoms with Crippen molar-refractivity contribution in [3.05, 3.63) is 48.2 Å². The number of halogens is 1. The summed E-state index contributed by atoms with van der Waals surface area (Å²) in [5.41, 5.74) is 1.41. The molecular weight excluding hydrogens is 495 g/mol. The van der Waals surface area contributed by atoms with E-state index in [0.29, 0.717) is 54.6 Å². The molecule has 204 valence electrons. The van der Waals surface area contributed by atoms with E-state index in [2.05, 4.69) is 20.3 Å². The zero-order valence-corrected chi connectivity index (χ0v) is 21.7. The molecule has 4 rings (SSSR count). The Balaban J connectivity index is 1.57. The molecule has 0 bridgehead atoms. The standard InChI is InChI=1S/C26H33FN6O5/c1-26(24(35)28-10-4-13-34)15-37-23(38-16-26)22-31-20(17-5-7-18(27)8-6-17)21(32-22)19-9-11-29-25(30-19)36-14-12-33(2)3/h5-9,11,23,34H,4,10,12-16H2,1-3H3,(H,28,35)(H,31,32). The summed E-state index contributed by atoms with van der Waals surface area (Å²) in [5, 5.41) is 11.7. The van der Waals surface area contributed by atoms with Crippen LogP contribution in [0.5, 0.6) is 6.01 Å². The van der Waals surface area contributed by atoms with Crippen molar-refractivity contribution in [2.45, 2.75) is 19.6 Å². The molecule has 1 saturated heterocycles. The number of carbonyl (C=O) groups excluding carboxylic acids is 1. The molecule has 1 aliphatic rings. The lowest BCUT2D eigenvalue weighted by Crippen LogP contribution is -2.48. The van der Waals surface area contributed by atoms with Crippen molar-refractivity contribution in [3.63, 3.8) is 0 Å². The normalized spacial score (nSPS) is 19.5. The lowest BCUT2D eigenvalue weighted by atomic mass is 9.91. The van der Waals surface area contributed by atoms with Crippen LogP contribution in [0.4, 0.5) is 4.39 Å². The van der Waals surface area contributed by atoms with Gasteiger partial charge in [-0.05, 0) is 57.8 Å². The number of nitrogens with one attached hydrogen (secondary N) is 2. The van der Waals surface area contributed by atoms with E-state index in [-0.39, 0.29) is 37.6 Å². The summed E-state index contributed by atoms with van der Waals surface area (Å²) < 4.78 is 31.2. The Kier molecular flexibility index (Phi) is 9.00. The van der Waals surface area contributed by atoms with Crippen molar-refractivity contribution in [3.8, 4) is 28.7 Å². The maximum absolute atomic E-state index is 13.6. The van der Waals surface area contributed by atoms with Crippen molar-refractivity contribution < 1.29 is 28.5 Å². The number of aromatic nitrogens is 4. The fourth-order valence-corrected chi connectivity index (χ4v) is 3.77. The van der Waals surface area contributed by atoms with Gasteiger partial charge in [0.05, 0.1) is 35.7 Å². The Morgan fingerprint density at radius 2 is 1.97 bits per heavy atom. The number of aromatic amines is 1. The Morgan fingerprint density at radius 3 is 2.66 bits per heavy atom. The molecule has 0 radical (unpaired) electrons. The summed E-state index contributed by atoms with van der Waals surface area (Å²) in [6.45, 7) is 3.48. The third-order valence-electron chi connectivity index (χ3n) is 6.00. The van der Waals surface area contributed by atoms with Crippen LogP contribution in [-0.2, 0) is 14.3 Å². The highest BCUT2D eigenvalue weighted by Gasteiger charge is 2.40. The first-order valence-electron chi connectivity index (χ1n) is 12.4. The maximum Gasteiger partial charge on any atom is 0.316 e. The number of hydrogen-bond acceptors (Lipinski definition) is 9. The van der Waals surface area contributed by atoms with E-state index < -0.39 is 11.7 Å². The molecule has 0 unspecified atom stereocenters. The van der Waals surface area contributed by atoms with Gasteiger partial charge in [0.25, 0.3) is 0 Å². The van der Waals surface area contributed by atoms with Crippen molar-refractivity contribution >= 4 is 5.91 Å². The van der Waals surface area contributed by atoms with E-state index in [0.717, 1.165) is 0 Å². The number of ether oxygens (including phenoxy) is 3. The number of hydrogen-bond donors (Lipinski definition) is 3. The second-order valence-electron chi connectivity index (χ2n) is 9.58. The highest BCUT2D eigenvalue weighted by molar-refractivity contribution is 5.82. The average Bonchev–Trinajstić information content (AvgIpc) is 3.35. The molecule has 11 nitrogen and oxygen atoms in total. The number of benzene rings is 1. The SMILES string of the molecule is CN(C)CCOc1nccc(-c2[nH]c(C3OCC(C)(C(=O)NCCCO)CO3)nc2-c2ccc(F)cc2)n1. The van der Waals surface area contributed by atoms with Gasteiger partial charge in [0.1, 0.15) is 12.4 Å². The zero-order valence-electron chi connectivity index (χ0n) is 21.7. The van der Waals surface area contributed by atoms with E-state index in [1.807, 2.05) is 19.0 Å². The van der Waals surface area contributed by atoms with Crippen LogP contribution < -0.4 is 10.1 Å². The molecule has 0 atom stereocenters. The van der Waals surface area contributed by atoms with Crippen LogP contribution >= 0.6 is 0 Å². The molecule has 0 spiro atoms. The summed E-state index contributed by atoms with van der Waals surface area (Å²) in [6, 6.07) is 7.92. The van der Waals surface area contributed by atoms with Gasteiger partial charge in [0.2, 0.25) is 12.2 Å². The number of carbonyl (C=O) groups is 1. The third kappa shape index (κ3) is 6.70. The molecular formula is C26H33FN6O5. The molecule has 0 saturated carbocycles. The number of aliphatic hydroxyl groups is 1. The van der Waals surface area contributed by atoms with Gasteiger partial charge in [-0.3, -0.25) is 4.79 Å². The average molecular weight is 529 g/mol. The van der Waals surface area contributed by atoms with Gasteiger partial charge in [-0.1, -0.05) is 0 Å². The fraction of sp³-hybridized carbons (Fsp3) is 0.462. The van der Waals surface area contributed by atoms with Gasteiger partial charge in [-0.25, -0.2) is 14.4 Å². The van der Waals surface area contributed by atoms with Gasteiger partial charge in [0, 0.05) is 31.5 Å². The molecule has 38 heavy (non-hydrogen) atoms. The van der Waals surface area contributed by atoms with Crippen LogP contribution in [-0.4, -0.2) is 89.5 Å². The Labute approximate surface area is 220 Å². The van der Waals surface area contributed by atoms with Gasteiger partial charge in [0.15, 0.2) is 5.82 Å². The van der Waals surface area contributed by atoms with E-state index in [1.165, 1.54) is 12.1 Å². The largest absolute Gasteiger partial charge is 0.462 e. The second-order valence-corrected chi connectivity index (χ2v) is 9.58. The fourth-order valence-electron chi connectivity index (χ4n) is 3.77. The smallest absolute Gasteiger partial charge is 0.316 e. The zero-order chi connectivity index (χ0) is 27.1. The number of rotatable bonds is 11. The highest BCUT2D eigenvalue weighted by atomic mass is 19.1. The second kappa shape index (κ2) is 12.4. The lowest BCUT2D eigenvalue weighted by molar-refractivity contribution is -0.231. The van der Waals surface area contributed by atoms with Crippen LogP contribution in [0.2, 0.25) is 0 Å². The van der Waals surface area contributed by atoms with E-state index in [1.54, 1.807) is 31.3 Å². The van der Waals surface area contributed by atoms with Crippen LogP contribution in [0.25, 0.3) is 22.6 Å². The lowest BCUT2D eigenvalue weighted by Gasteiger charge is -2.35. The van der Waals surface area contributed by atoms with Crippen molar-refractivity contribution in [1.29, 1.82) is 0 Å². The van der Waals surface area contributed by atoms with Gasteiger partial charge < -0.3 is 34.5 Å². The summed E-state index contributed by atoms with van der Waals surface area (Å²) >= 11 is 0. The molecule has 3 aromatic rings. The number of aliphatic hydroxyl groups excluding tert-OH is 1. The maximum atomic E-state index is 13.6. The first-order valence-corrected chi connectivity index (χ1v) is 12.4. The number of H-pyrrole nitrogens is 1. The molecule has 12 heteroatoms. The van der Waals surface area contributed by atoms with E-state index in [9.17, 15) is 9.18 Å². The van der Waals surface area contributed by atoms with Crippen molar-refractivity contribution in [1.82, 2.24) is 30.2 Å². The van der Waals surface area contributed by atoms with Crippen LogP contribution in [0.15, 0.2) is 36.5 Å². The first kappa shape index (κ1) is 27.6. The van der Waals surface area contributed by atoms with Gasteiger partial charge >= 0.3 is 6.01 Å². The number of nitrogens with zero attached hydrogens (tertiary/aromatic N) is 4. The van der Waals surface area contributed by atoms with Gasteiger partial charge in [-0.2, -0.15) is 4.98 Å². The van der Waals surface area contributed by atoms with E-state index >= 15 is 0 Å². The molecule has 1 aliphatic heterocycles. The minimum Gasteiger partial charge on any atom is -0.462 e. The molecule has 2 aromatic heterocycles. The minimum atomic E-state index is -0.882. The third-order valence-corrected chi connectivity index (χ3v) is 6.00.